The number of imide groups is 1. The second-order valence-corrected chi connectivity index (χ2v) is 7.21. The first-order valence-electron chi connectivity index (χ1n) is 9.98. The maximum Gasteiger partial charge on any atom is 0.337 e. The lowest BCUT2D eigenvalue weighted by atomic mass is 10.1. The molecule has 0 aromatic heterocycles. The smallest absolute Gasteiger partial charge is 0.337 e. The molecule has 1 aliphatic rings. The van der Waals surface area contributed by atoms with Gasteiger partial charge in [-0.3, -0.25) is 19.3 Å². The van der Waals surface area contributed by atoms with E-state index in [1.54, 1.807) is 36.4 Å². The Balaban J connectivity index is 1.34. The zero-order valence-corrected chi connectivity index (χ0v) is 17.3. The molecule has 0 bridgehead atoms. The van der Waals surface area contributed by atoms with E-state index in [2.05, 4.69) is 5.32 Å². The summed E-state index contributed by atoms with van der Waals surface area (Å²) in [6.07, 6.45) is 1.23. The number of β-lactam (4-membered cyclic amide) rings is 1. The van der Waals surface area contributed by atoms with Gasteiger partial charge in [0.25, 0.3) is 0 Å². The average Bonchev–Trinajstić information content (AvgIpc) is 2.74. The number of nitrogens with one attached hydrogen (secondary N) is 1. The van der Waals surface area contributed by atoms with Crippen molar-refractivity contribution in [1.29, 1.82) is 0 Å². The molecule has 3 rings (SSSR count). The molecule has 8 heteroatoms. The van der Waals surface area contributed by atoms with E-state index in [9.17, 15) is 19.2 Å². The Labute approximate surface area is 180 Å². The topological polar surface area (TPSA) is 102 Å². The van der Waals surface area contributed by atoms with Crippen molar-refractivity contribution in [3.63, 3.8) is 0 Å². The van der Waals surface area contributed by atoms with Gasteiger partial charge in [0.05, 0.1) is 0 Å². The van der Waals surface area contributed by atoms with Gasteiger partial charge in [0.15, 0.2) is 0 Å². The van der Waals surface area contributed by atoms with E-state index in [0.29, 0.717) is 30.8 Å². The summed E-state index contributed by atoms with van der Waals surface area (Å²) in [7, 11) is 0. The quantitative estimate of drug-likeness (QED) is 0.376. The van der Waals surface area contributed by atoms with Crippen LogP contribution in [0.5, 0.6) is 5.75 Å². The van der Waals surface area contributed by atoms with E-state index in [-0.39, 0.29) is 31.4 Å². The second-order valence-electron chi connectivity index (χ2n) is 7.21. The first-order valence-corrected chi connectivity index (χ1v) is 9.98. The highest BCUT2D eigenvalue weighted by atomic mass is 16.6. The van der Waals surface area contributed by atoms with Crippen LogP contribution in [0.1, 0.15) is 24.0 Å². The van der Waals surface area contributed by atoms with Crippen molar-refractivity contribution in [3.05, 3.63) is 59.7 Å². The molecule has 0 atom stereocenters. The second kappa shape index (κ2) is 10.5. The Morgan fingerprint density at radius 3 is 2.32 bits per heavy atom. The molecule has 2 aromatic carbocycles. The molecule has 1 fully saturated rings. The minimum absolute atomic E-state index is 0.117. The minimum Gasteiger partial charge on any atom is -0.425 e. The van der Waals surface area contributed by atoms with Crippen molar-refractivity contribution >= 4 is 29.4 Å². The standard InChI is InChI=1S/C23H24N2O6/c1-16-2-9-19(10-3-16)31-23(29)15-30-14-20(26)24-18-7-4-17(5-8-18)6-11-21(27)25-13-12-22(25)28/h2-5,7-10H,6,11-15H2,1H3,(H,24,26). The monoisotopic (exact) mass is 424 g/mol. The summed E-state index contributed by atoms with van der Waals surface area (Å²) < 4.78 is 10.2. The molecule has 0 saturated carbocycles. The molecule has 2 aromatic rings. The van der Waals surface area contributed by atoms with Gasteiger partial charge in [-0.05, 0) is 43.2 Å². The fourth-order valence-corrected chi connectivity index (χ4v) is 2.91. The number of hydrogen-bond acceptors (Lipinski definition) is 6. The molecule has 0 aliphatic carbocycles. The molecule has 0 spiro atoms. The van der Waals surface area contributed by atoms with Crippen LogP contribution in [0.2, 0.25) is 0 Å². The lowest BCUT2D eigenvalue weighted by Crippen LogP contribution is -2.47. The Kier molecular flexibility index (Phi) is 7.50. The maximum atomic E-state index is 12.0. The van der Waals surface area contributed by atoms with Crippen molar-refractivity contribution < 1.29 is 28.7 Å². The maximum absolute atomic E-state index is 12.0. The van der Waals surface area contributed by atoms with Crippen LogP contribution < -0.4 is 10.1 Å². The van der Waals surface area contributed by atoms with E-state index in [4.69, 9.17) is 9.47 Å². The number of carbonyl (C=O) groups is 4. The summed E-state index contributed by atoms with van der Waals surface area (Å²) in [5, 5.41) is 2.67. The molecule has 1 aliphatic heterocycles. The van der Waals surface area contributed by atoms with E-state index < -0.39 is 11.9 Å². The van der Waals surface area contributed by atoms with E-state index >= 15 is 0 Å². The summed E-state index contributed by atoms with van der Waals surface area (Å²) in [4.78, 5) is 48.1. The third-order valence-electron chi connectivity index (χ3n) is 4.72. The Morgan fingerprint density at radius 2 is 1.71 bits per heavy atom. The fourth-order valence-electron chi connectivity index (χ4n) is 2.91. The number of rotatable bonds is 9. The van der Waals surface area contributed by atoms with Crippen LogP contribution in [0, 0.1) is 6.92 Å². The number of carbonyl (C=O) groups excluding carboxylic acids is 4. The van der Waals surface area contributed by atoms with Crippen LogP contribution in [-0.4, -0.2) is 48.3 Å². The predicted octanol–water partition coefficient (Wildman–Crippen LogP) is 2.25. The minimum atomic E-state index is -0.588. The van der Waals surface area contributed by atoms with Crippen LogP contribution in [0.4, 0.5) is 5.69 Å². The van der Waals surface area contributed by atoms with Gasteiger partial charge in [0.2, 0.25) is 17.7 Å². The molecular formula is C23H24N2O6. The van der Waals surface area contributed by atoms with Gasteiger partial charge in [0, 0.05) is 25.1 Å². The summed E-state index contributed by atoms with van der Waals surface area (Å²) in [5.41, 5.74) is 2.55. The third-order valence-corrected chi connectivity index (χ3v) is 4.72. The molecule has 0 radical (unpaired) electrons. The van der Waals surface area contributed by atoms with E-state index in [1.165, 1.54) is 4.90 Å². The van der Waals surface area contributed by atoms with Gasteiger partial charge in [-0.2, -0.15) is 0 Å². The van der Waals surface area contributed by atoms with Crippen molar-refractivity contribution in [2.75, 3.05) is 25.1 Å². The molecule has 1 heterocycles. The summed E-state index contributed by atoms with van der Waals surface area (Å²) in [5.74, 6) is -0.847. The first kappa shape index (κ1) is 22.2. The Hall–Kier alpha value is -3.52. The fraction of sp³-hybridized carbons (Fsp3) is 0.304. The zero-order valence-electron chi connectivity index (χ0n) is 17.3. The first-order chi connectivity index (χ1) is 14.9. The van der Waals surface area contributed by atoms with Crippen LogP contribution in [0.25, 0.3) is 0 Å². The molecule has 31 heavy (non-hydrogen) atoms. The predicted molar refractivity (Wildman–Crippen MR) is 112 cm³/mol. The van der Waals surface area contributed by atoms with E-state index in [1.807, 2.05) is 19.1 Å². The summed E-state index contributed by atoms with van der Waals surface area (Å²) >= 11 is 0. The average molecular weight is 424 g/mol. The highest BCUT2D eigenvalue weighted by molar-refractivity contribution is 5.99. The molecule has 162 valence electrons. The van der Waals surface area contributed by atoms with Gasteiger partial charge < -0.3 is 14.8 Å². The van der Waals surface area contributed by atoms with Crippen molar-refractivity contribution in [3.8, 4) is 5.75 Å². The number of anilines is 1. The summed E-state index contributed by atoms with van der Waals surface area (Å²) in [6.45, 7) is 1.81. The number of likely N-dealkylation sites (tertiary alicyclic amines) is 1. The highest BCUT2D eigenvalue weighted by Crippen LogP contribution is 2.15. The van der Waals surface area contributed by atoms with Gasteiger partial charge in [-0.25, -0.2) is 4.79 Å². The van der Waals surface area contributed by atoms with Crippen LogP contribution >= 0.6 is 0 Å². The van der Waals surface area contributed by atoms with Gasteiger partial charge in [-0.15, -0.1) is 0 Å². The van der Waals surface area contributed by atoms with Crippen molar-refractivity contribution in [1.82, 2.24) is 4.90 Å². The Bertz CT molecular complexity index is 953. The lowest BCUT2D eigenvalue weighted by molar-refractivity contribution is -0.152. The summed E-state index contributed by atoms with van der Waals surface area (Å²) in [6, 6.07) is 14.1. The number of benzene rings is 2. The largest absolute Gasteiger partial charge is 0.425 e. The van der Waals surface area contributed by atoms with Crippen LogP contribution in [0.3, 0.4) is 0 Å². The molecular weight excluding hydrogens is 400 g/mol. The number of nitrogens with zero attached hydrogens (tertiary/aromatic N) is 1. The zero-order chi connectivity index (χ0) is 22.2. The lowest BCUT2D eigenvalue weighted by Gasteiger charge is -2.28. The number of amides is 3. The molecule has 0 unspecified atom stereocenters. The van der Waals surface area contributed by atoms with E-state index in [0.717, 1.165) is 11.1 Å². The van der Waals surface area contributed by atoms with Gasteiger partial charge in [0.1, 0.15) is 19.0 Å². The van der Waals surface area contributed by atoms with Gasteiger partial charge in [-0.1, -0.05) is 29.8 Å². The molecule has 1 saturated heterocycles. The van der Waals surface area contributed by atoms with Crippen LogP contribution in [0.15, 0.2) is 48.5 Å². The normalized spacial score (nSPS) is 12.8. The molecule has 1 N–H and O–H groups in total. The number of hydrogen-bond donors (Lipinski definition) is 1. The molecule has 8 nitrogen and oxygen atoms in total. The number of ether oxygens (including phenoxy) is 2. The number of aryl methyl sites for hydroxylation is 2. The highest BCUT2D eigenvalue weighted by Gasteiger charge is 2.29. The van der Waals surface area contributed by atoms with Crippen molar-refractivity contribution in [2.24, 2.45) is 0 Å². The van der Waals surface area contributed by atoms with Crippen molar-refractivity contribution in [2.45, 2.75) is 26.2 Å². The molecule has 3 amide bonds. The SMILES string of the molecule is Cc1ccc(OC(=O)COCC(=O)Nc2ccc(CCC(=O)N3CCC3=O)cc2)cc1. The number of esters is 1. The Morgan fingerprint density at radius 1 is 1.00 bits per heavy atom. The van der Waals surface area contributed by atoms with Gasteiger partial charge >= 0.3 is 5.97 Å². The third kappa shape index (κ3) is 6.75. The van der Waals surface area contributed by atoms with Crippen LogP contribution in [-0.2, 0) is 30.3 Å².